The summed E-state index contributed by atoms with van der Waals surface area (Å²) in [5.74, 6) is -8.01. The van der Waals surface area contributed by atoms with Crippen molar-refractivity contribution in [3.05, 3.63) is 59.7 Å². The lowest BCUT2D eigenvalue weighted by Gasteiger charge is -2.28. The second-order valence-electron chi connectivity index (χ2n) is 16.0. The maximum absolute atomic E-state index is 14.1. The summed E-state index contributed by atoms with van der Waals surface area (Å²) in [5.41, 5.74) is 22.8. The number of primary amides is 1. The van der Waals surface area contributed by atoms with Crippen LogP contribution in [-0.4, -0.2) is 118 Å². The van der Waals surface area contributed by atoms with Gasteiger partial charge in [-0.1, -0.05) is 52.0 Å². The highest BCUT2D eigenvalue weighted by Gasteiger charge is 2.34. The minimum Gasteiger partial charge on any atom is -0.508 e. The number of aromatic hydroxyl groups is 2. The summed E-state index contributed by atoms with van der Waals surface area (Å²) in [6.07, 6.45) is -0.323. The molecule has 22 nitrogen and oxygen atoms in total. The van der Waals surface area contributed by atoms with Gasteiger partial charge >= 0.3 is 5.97 Å². The van der Waals surface area contributed by atoms with Crippen molar-refractivity contribution in [1.82, 2.24) is 31.9 Å². The number of amides is 7. The molecular weight excluding hydrogens is 835 g/mol. The van der Waals surface area contributed by atoms with E-state index in [2.05, 4.69) is 36.9 Å². The quantitative estimate of drug-likeness (QED) is 0.0259. The van der Waals surface area contributed by atoms with Crippen LogP contribution in [0.2, 0.25) is 0 Å². The van der Waals surface area contributed by atoms with Crippen LogP contribution in [0.4, 0.5) is 0 Å². The van der Waals surface area contributed by atoms with E-state index in [1.165, 1.54) is 48.5 Å². The topological polar surface area (TPSA) is 386 Å². The van der Waals surface area contributed by atoms with Crippen molar-refractivity contribution in [2.24, 2.45) is 39.8 Å². The molecule has 2 aromatic rings. The standard InChI is InChI=1S/C42H63N11O11/c1-22(2)18-32(41(63)64)52-37(59)29(15-16-33(44)56)50-38(60)31(20-25-9-13-27(55)14-10-25)51-40(62)35(23(3)4)53-39(61)30(19-24-7-11-26(54)12-8-24)49-34(57)21-48-36(58)28(43)6-5-17-47-42(45)46/h7-14,22-23,28-32,35,54-55H,5-6,15-21,43H2,1-4H3,(H2,44,56)(H,48,58)(H,49,57)(H,50,60)(H,51,62)(H,52,59)(H,53,61)(H,63,64)(H4,45,46,47)/t28-,29-,30-,31-,32-,35-/m0/s1. The van der Waals surface area contributed by atoms with Crippen LogP contribution >= 0.6 is 0 Å². The van der Waals surface area contributed by atoms with E-state index < -0.39 is 96.0 Å². The molecule has 0 fully saturated rings. The molecule has 2 rings (SSSR count). The number of rotatable bonds is 27. The molecule has 0 aliphatic carbocycles. The van der Waals surface area contributed by atoms with E-state index in [1.807, 2.05) is 0 Å². The van der Waals surface area contributed by atoms with E-state index in [0.29, 0.717) is 17.5 Å². The second-order valence-corrected chi connectivity index (χ2v) is 16.0. The van der Waals surface area contributed by atoms with E-state index in [-0.39, 0.29) is 68.4 Å². The number of carbonyl (C=O) groups is 8. The Bertz CT molecular complexity index is 1940. The second kappa shape index (κ2) is 26.5. The molecule has 2 aromatic carbocycles. The summed E-state index contributed by atoms with van der Waals surface area (Å²) in [5, 5.41) is 44.5. The summed E-state index contributed by atoms with van der Waals surface area (Å²) in [6, 6.07) is 3.61. The van der Waals surface area contributed by atoms with Gasteiger partial charge in [-0.25, -0.2) is 4.79 Å². The van der Waals surface area contributed by atoms with Crippen molar-refractivity contribution in [2.75, 3.05) is 13.1 Å². The van der Waals surface area contributed by atoms with Gasteiger partial charge in [0.25, 0.3) is 0 Å². The maximum Gasteiger partial charge on any atom is 0.326 e. The highest BCUT2D eigenvalue weighted by Crippen LogP contribution is 2.15. The molecule has 0 aliphatic rings. The minimum absolute atomic E-state index is 0.0519. The molecule has 0 saturated carbocycles. The van der Waals surface area contributed by atoms with Crippen molar-refractivity contribution in [3.63, 3.8) is 0 Å². The molecule has 0 aliphatic heterocycles. The van der Waals surface area contributed by atoms with Gasteiger partial charge in [-0.3, -0.25) is 38.6 Å². The Labute approximate surface area is 371 Å². The number of carboxylic acid groups (broad SMARTS) is 1. The summed E-state index contributed by atoms with van der Waals surface area (Å²) in [7, 11) is 0. The Morgan fingerprint density at radius 3 is 1.59 bits per heavy atom. The fraction of sp³-hybridized carbons (Fsp3) is 0.500. The van der Waals surface area contributed by atoms with Gasteiger partial charge in [-0.15, -0.1) is 0 Å². The van der Waals surface area contributed by atoms with Gasteiger partial charge in [-0.2, -0.15) is 0 Å². The first kappa shape index (κ1) is 53.2. The van der Waals surface area contributed by atoms with Crippen molar-refractivity contribution in [3.8, 4) is 11.5 Å². The lowest BCUT2D eigenvalue weighted by atomic mass is 9.99. The zero-order valence-corrected chi connectivity index (χ0v) is 36.5. The fourth-order valence-corrected chi connectivity index (χ4v) is 6.19. The normalized spacial score (nSPS) is 13.8. The summed E-state index contributed by atoms with van der Waals surface area (Å²) in [4.78, 5) is 109. The molecule has 0 aromatic heterocycles. The first-order valence-corrected chi connectivity index (χ1v) is 20.7. The first-order valence-electron chi connectivity index (χ1n) is 20.7. The van der Waals surface area contributed by atoms with Gasteiger partial charge in [-0.05, 0) is 72.9 Å². The SMILES string of the molecule is CC(C)C[C@H](NC(=O)[C@H](CCC(N)=O)NC(=O)[C@H](Cc1ccc(O)cc1)NC(=O)[C@@H](NC(=O)[C@H](Cc1ccc(O)cc1)NC(=O)CNC(=O)[C@@H](N)CCCN=C(N)N)C(C)C)C(=O)O. The van der Waals surface area contributed by atoms with Crippen molar-refractivity contribution < 1.29 is 53.7 Å². The van der Waals surface area contributed by atoms with Crippen LogP contribution in [0.25, 0.3) is 0 Å². The Hall–Kier alpha value is -6.97. The molecular formula is C42H63N11O11. The highest BCUT2D eigenvalue weighted by atomic mass is 16.4. The van der Waals surface area contributed by atoms with Crippen LogP contribution in [0.1, 0.15) is 70.9 Å². The number of hydrogen-bond donors (Lipinski definition) is 13. The molecule has 0 bridgehead atoms. The molecule has 0 saturated heterocycles. The predicted octanol–water partition coefficient (Wildman–Crippen LogP) is -2.14. The molecule has 352 valence electrons. The number of nitrogens with zero attached hydrogens (tertiary/aromatic N) is 1. The van der Waals surface area contributed by atoms with E-state index in [9.17, 15) is 53.7 Å². The van der Waals surface area contributed by atoms with Crippen LogP contribution in [0.5, 0.6) is 11.5 Å². The molecule has 0 heterocycles. The van der Waals surface area contributed by atoms with Gasteiger partial charge in [0.1, 0.15) is 41.7 Å². The molecule has 0 radical (unpaired) electrons. The van der Waals surface area contributed by atoms with Crippen LogP contribution in [0.3, 0.4) is 0 Å². The maximum atomic E-state index is 14.1. The number of phenols is 2. The van der Waals surface area contributed by atoms with Gasteiger partial charge in [0.2, 0.25) is 41.4 Å². The van der Waals surface area contributed by atoms with Crippen molar-refractivity contribution in [1.29, 1.82) is 0 Å². The van der Waals surface area contributed by atoms with Gasteiger partial charge < -0.3 is 70.2 Å². The Morgan fingerprint density at radius 2 is 1.11 bits per heavy atom. The van der Waals surface area contributed by atoms with Crippen LogP contribution in [0, 0.1) is 11.8 Å². The van der Waals surface area contributed by atoms with Gasteiger partial charge in [0.15, 0.2) is 5.96 Å². The molecule has 22 heteroatoms. The molecule has 17 N–H and O–H groups in total. The Balaban J connectivity index is 2.37. The van der Waals surface area contributed by atoms with E-state index in [1.54, 1.807) is 27.7 Å². The monoisotopic (exact) mass is 897 g/mol. The molecule has 64 heavy (non-hydrogen) atoms. The van der Waals surface area contributed by atoms with Crippen LogP contribution in [0.15, 0.2) is 53.5 Å². The number of carbonyl (C=O) groups excluding carboxylic acids is 7. The fourth-order valence-electron chi connectivity index (χ4n) is 6.19. The number of phenolic OH excluding ortho intramolecular Hbond substituents is 2. The molecule has 0 spiro atoms. The number of benzene rings is 2. The minimum atomic E-state index is -1.46. The number of guanidine groups is 1. The lowest BCUT2D eigenvalue weighted by molar-refractivity contribution is -0.143. The third-order valence-electron chi connectivity index (χ3n) is 9.65. The Morgan fingerprint density at radius 1 is 0.625 bits per heavy atom. The summed E-state index contributed by atoms with van der Waals surface area (Å²) in [6.45, 7) is 6.42. The van der Waals surface area contributed by atoms with E-state index >= 15 is 0 Å². The number of hydrogen-bond acceptors (Lipinski definition) is 12. The third-order valence-corrected chi connectivity index (χ3v) is 9.65. The largest absolute Gasteiger partial charge is 0.508 e. The third kappa shape index (κ3) is 19.8. The van der Waals surface area contributed by atoms with Crippen LogP contribution < -0.4 is 54.8 Å². The van der Waals surface area contributed by atoms with E-state index in [0.717, 1.165) is 0 Å². The van der Waals surface area contributed by atoms with Crippen molar-refractivity contribution >= 4 is 53.3 Å². The average Bonchev–Trinajstić information content (AvgIpc) is 3.21. The number of aliphatic carboxylic acids is 1. The van der Waals surface area contributed by atoms with Gasteiger partial charge in [0, 0.05) is 25.8 Å². The zero-order valence-electron chi connectivity index (χ0n) is 36.5. The van der Waals surface area contributed by atoms with Crippen LogP contribution in [-0.2, 0) is 51.2 Å². The summed E-state index contributed by atoms with van der Waals surface area (Å²) >= 11 is 0. The lowest BCUT2D eigenvalue weighted by Crippen LogP contribution is -2.60. The molecule has 6 atom stereocenters. The number of nitrogens with one attached hydrogen (secondary N) is 6. The molecule has 7 amide bonds. The van der Waals surface area contributed by atoms with Gasteiger partial charge in [0.05, 0.1) is 12.6 Å². The first-order chi connectivity index (χ1) is 30.1. The number of nitrogens with two attached hydrogens (primary N) is 4. The van der Waals surface area contributed by atoms with Crippen molar-refractivity contribution in [2.45, 2.75) is 109 Å². The summed E-state index contributed by atoms with van der Waals surface area (Å²) < 4.78 is 0. The predicted molar refractivity (Wildman–Crippen MR) is 235 cm³/mol. The zero-order chi connectivity index (χ0) is 48.1. The Kier molecular flexibility index (Phi) is 22.0. The van der Waals surface area contributed by atoms with E-state index in [4.69, 9.17) is 22.9 Å². The molecule has 0 unspecified atom stereocenters. The highest BCUT2D eigenvalue weighted by molar-refractivity contribution is 5.97. The number of aliphatic imine (C=N–C) groups is 1. The smallest absolute Gasteiger partial charge is 0.326 e. The average molecular weight is 898 g/mol. The number of carboxylic acids is 1.